The van der Waals surface area contributed by atoms with Gasteiger partial charge >= 0.3 is 0 Å². The summed E-state index contributed by atoms with van der Waals surface area (Å²) in [7, 11) is 0. The smallest absolute Gasteiger partial charge is 0.240 e. The minimum absolute atomic E-state index is 0.165. The van der Waals surface area contributed by atoms with Crippen LogP contribution in [0.4, 0.5) is 0 Å². The molecule has 38 heavy (non-hydrogen) atoms. The van der Waals surface area contributed by atoms with Gasteiger partial charge < -0.3 is 15.5 Å². The lowest BCUT2D eigenvalue weighted by atomic mass is 9.89. The summed E-state index contributed by atoms with van der Waals surface area (Å²) in [6.45, 7) is 1.61. The highest BCUT2D eigenvalue weighted by molar-refractivity contribution is 6.35. The van der Waals surface area contributed by atoms with Crippen LogP contribution in [0.25, 0.3) is 0 Å². The second-order valence-corrected chi connectivity index (χ2v) is 10.3. The van der Waals surface area contributed by atoms with Crippen LogP contribution in [0.1, 0.15) is 29.2 Å². The average molecular weight is 574 g/mol. The zero-order chi connectivity index (χ0) is 27.2. The van der Waals surface area contributed by atoms with Crippen LogP contribution in [0.3, 0.4) is 0 Å². The number of halogens is 3. The Kier molecular flexibility index (Phi) is 9.69. The zero-order valence-corrected chi connectivity index (χ0v) is 22.8. The lowest BCUT2D eigenvalue weighted by molar-refractivity contribution is -0.181. The Hall–Kier alpha value is -2.60. The van der Waals surface area contributed by atoms with E-state index in [0.29, 0.717) is 20.6 Å². The average Bonchev–Trinajstić information content (AvgIpc) is 3.27. The number of nitrogens with zero attached hydrogens (tertiary/aromatic N) is 1. The van der Waals surface area contributed by atoms with Crippen LogP contribution in [-0.2, 0) is 22.7 Å². The van der Waals surface area contributed by atoms with E-state index < -0.39 is 24.2 Å². The number of rotatable bonds is 7. The molecule has 6 nitrogen and oxygen atoms in total. The molecule has 0 spiro atoms. The largest absolute Gasteiger partial charge is 0.394 e. The number of hydrogen-bond acceptors (Lipinski definition) is 5. The number of hydrogen-bond donors (Lipinski definition) is 3. The Morgan fingerprint density at radius 3 is 2.42 bits per heavy atom. The number of nitrogens with one attached hydrogen (secondary N) is 1. The van der Waals surface area contributed by atoms with Gasteiger partial charge in [0.25, 0.3) is 0 Å². The highest BCUT2D eigenvalue weighted by atomic mass is 35.5. The maximum atomic E-state index is 13.5. The molecule has 0 unspecified atom stereocenters. The number of carbonyl (C=O) groups is 1. The summed E-state index contributed by atoms with van der Waals surface area (Å²) in [5, 5.41) is 26.5. The van der Waals surface area contributed by atoms with Gasteiger partial charge in [-0.3, -0.25) is 9.63 Å². The topological polar surface area (TPSA) is 82.0 Å². The monoisotopic (exact) mass is 572 g/mol. The Balaban J connectivity index is 1.58. The van der Waals surface area contributed by atoms with Crippen molar-refractivity contribution >= 4 is 40.7 Å². The van der Waals surface area contributed by atoms with E-state index in [1.54, 1.807) is 37.3 Å². The third-order valence-corrected chi connectivity index (χ3v) is 7.22. The number of amides is 1. The van der Waals surface area contributed by atoms with Gasteiger partial charge in [0.05, 0.1) is 19.3 Å². The van der Waals surface area contributed by atoms with Crippen LogP contribution in [-0.4, -0.2) is 46.0 Å². The molecule has 0 radical (unpaired) electrons. The molecule has 4 rings (SSSR count). The van der Waals surface area contributed by atoms with Gasteiger partial charge in [0.1, 0.15) is 12.1 Å². The molecule has 1 aliphatic heterocycles. The van der Waals surface area contributed by atoms with Gasteiger partial charge in [-0.05, 0) is 60.5 Å². The molecule has 1 aliphatic rings. The predicted molar refractivity (Wildman–Crippen MR) is 149 cm³/mol. The molecular weight excluding hydrogens is 547 g/mol. The summed E-state index contributed by atoms with van der Waals surface area (Å²) in [4.78, 5) is 19.5. The maximum absolute atomic E-state index is 13.5. The lowest BCUT2D eigenvalue weighted by Gasteiger charge is -2.26. The minimum Gasteiger partial charge on any atom is -0.394 e. The summed E-state index contributed by atoms with van der Waals surface area (Å²) in [6, 6.07) is 19.0. The van der Waals surface area contributed by atoms with Gasteiger partial charge in [0.2, 0.25) is 5.91 Å². The molecular formula is C29H27Cl3N2O4. The van der Waals surface area contributed by atoms with E-state index in [4.69, 9.17) is 39.6 Å². The van der Waals surface area contributed by atoms with Crippen molar-refractivity contribution in [2.75, 3.05) is 6.61 Å². The Bertz CT molecular complexity index is 1340. The maximum Gasteiger partial charge on any atom is 0.240 e. The van der Waals surface area contributed by atoms with E-state index in [9.17, 15) is 15.0 Å². The van der Waals surface area contributed by atoms with E-state index in [2.05, 4.69) is 17.2 Å². The molecule has 198 valence electrons. The second-order valence-electron chi connectivity index (χ2n) is 9.03. The van der Waals surface area contributed by atoms with Gasteiger partial charge in [-0.1, -0.05) is 70.9 Å². The van der Waals surface area contributed by atoms with Crippen molar-refractivity contribution < 1.29 is 19.8 Å². The third kappa shape index (κ3) is 6.88. The van der Waals surface area contributed by atoms with Crippen LogP contribution in [0, 0.1) is 17.8 Å². The summed E-state index contributed by atoms with van der Waals surface area (Å²) in [5.74, 6) is 5.30. The van der Waals surface area contributed by atoms with Crippen molar-refractivity contribution in [2.45, 2.75) is 38.3 Å². The fourth-order valence-corrected chi connectivity index (χ4v) is 5.05. The molecule has 0 bridgehead atoms. The molecule has 3 N–H and O–H groups in total. The minimum atomic E-state index is -0.910. The molecule has 1 amide bonds. The van der Waals surface area contributed by atoms with Crippen molar-refractivity contribution in [1.29, 1.82) is 0 Å². The molecule has 1 fully saturated rings. The van der Waals surface area contributed by atoms with Crippen LogP contribution in [0.5, 0.6) is 0 Å². The highest BCUT2D eigenvalue weighted by Gasteiger charge is 2.49. The van der Waals surface area contributed by atoms with Crippen LogP contribution >= 0.6 is 34.8 Å². The van der Waals surface area contributed by atoms with Crippen molar-refractivity contribution in [3.05, 3.63) is 104 Å². The third-order valence-electron chi connectivity index (χ3n) is 6.38. The Morgan fingerprint density at radius 1 is 1.03 bits per heavy atom. The van der Waals surface area contributed by atoms with E-state index in [0.717, 1.165) is 16.7 Å². The molecule has 4 atom stereocenters. The summed E-state index contributed by atoms with van der Waals surface area (Å²) in [5.41, 5.74) is 3.11. The van der Waals surface area contributed by atoms with Crippen LogP contribution < -0.4 is 5.32 Å². The van der Waals surface area contributed by atoms with Gasteiger partial charge in [-0.15, -0.1) is 0 Å². The highest BCUT2D eigenvalue weighted by Crippen LogP contribution is 2.33. The van der Waals surface area contributed by atoms with E-state index in [1.807, 2.05) is 36.4 Å². The van der Waals surface area contributed by atoms with Crippen molar-refractivity contribution in [1.82, 2.24) is 10.4 Å². The summed E-state index contributed by atoms with van der Waals surface area (Å²) < 4.78 is 0. The molecule has 3 aromatic rings. The quantitative estimate of drug-likeness (QED) is 0.353. The van der Waals surface area contributed by atoms with Crippen LogP contribution in [0.15, 0.2) is 66.7 Å². The number of carbonyl (C=O) groups excluding carboxylic acids is 1. The number of hydroxylamine groups is 2. The van der Waals surface area contributed by atoms with Crippen molar-refractivity contribution in [3.8, 4) is 11.8 Å². The first-order chi connectivity index (χ1) is 18.3. The van der Waals surface area contributed by atoms with Crippen molar-refractivity contribution in [2.24, 2.45) is 5.92 Å². The normalized spacial score (nSPS) is 20.0. The molecule has 9 heteroatoms. The fraction of sp³-hybridized carbons (Fsp3) is 0.276. The van der Waals surface area contributed by atoms with E-state index >= 15 is 0 Å². The van der Waals surface area contributed by atoms with Crippen molar-refractivity contribution in [3.63, 3.8) is 0 Å². The number of benzene rings is 3. The molecule has 0 aliphatic carbocycles. The molecule has 1 saturated heterocycles. The first-order valence-electron chi connectivity index (χ1n) is 12.1. The van der Waals surface area contributed by atoms with Gasteiger partial charge in [-0.25, -0.2) is 0 Å². The van der Waals surface area contributed by atoms with Gasteiger partial charge in [0.15, 0.2) is 0 Å². The Morgan fingerprint density at radius 2 is 1.74 bits per heavy atom. The summed E-state index contributed by atoms with van der Waals surface area (Å²) >= 11 is 18.2. The first kappa shape index (κ1) is 28.4. The zero-order valence-electron chi connectivity index (χ0n) is 20.6. The molecule has 0 saturated carbocycles. The van der Waals surface area contributed by atoms with E-state index in [1.165, 1.54) is 5.06 Å². The SMILES string of the molecule is C[C@H](O)[C@@H]1[C@H](CO)ON(Cc2ccccc2C#Cc2ccc(Cl)cc2)[C@@H]1C(=O)NCc1ccc(Cl)cc1Cl. The molecule has 3 aromatic carbocycles. The standard InChI is InChI=1S/C29H27Cl3N2O4/c1-18(36)27-26(17-35)38-34(28(27)29(37)33-15-21-10-13-24(31)14-25(21)32)16-22-5-3-2-4-20(22)9-6-19-7-11-23(30)12-8-19/h2-5,7-8,10-14,18,26-28,35-36H,15-17H2,1H3,(H,33,37)/t18-,26-,27+,28-/m0/s1. The van der Waals surface area contributed by atoms with E-state index in [-0.39, 0.29) is 25.6 Å². The lowest BCUT2D eigenvalue weighted by Crippen LogP contribution is -2.48. The molecule has 0 aromatic heterocycles. The first-order valence-corrected chi connectivity index (χ1v) is 13.2. The summed E-state index contributed by atoms with van der Waals surface area (Å²) in [6.07, 6.45) is -1.66. The van der Waals surface area contributed by atoms with Crippen LogP contribution in [0.2, 0.25) is 15.1 Å². The number of aliphatic hydroxyl groups is 2. The van der Waals surface area contributed by atoms with Gasteiger partial charge in [0, 0.05) is 38.7 Å². The predicted octanol–water partition coefficient (Wildman–Crippen LogP) is 4.84. The molecule has 1 heterocycles. The fourth-order valence-electron chi connectivity index (χ4n) is 4.45. The van der Waals surface area contributed by atoms with Gasteiger partial charge in [-0.2, -0.15) is 5.06 Å². The Labute approximate surface area is 237 Å². The second kappa shape index (κ2) is 13.0. The number of aliphatic hydroxyl groups excluding tert-OH is 2.